The summed E-state index contributed by atoms with van der Waals surface area (Å²) >= 11 is 5.73. The van der Waals surface area contributed by atoms with E-state index in [1.807, 2.05) is 13.8 Å². The fourth-order valence-electron chi connectivity index (χ4n) is 2.48. The summed E-state index contributed by atoms with van der Waals surface area (Å²) in [4.78, 5) is 17.9. The maximum atomic E-state index is 14.4. The first kappa shape index (κ1) is 22.5. The zero-order valence-corrected chi connectivity index (χ0v) is 16.6. The second-order valence-corrected chi connectivity index (χ2v) is 7.22. The van der Waals surface area contributed by atoms with Gasteiger partial charge >= 0.3 is 5.97 Å². The zero-order chi connectivity index (χ0) is 20.1. The highest BCUT2D eigenvalue weighted by atomic mass is 35.5. The molecule has 0 aromatic carbocycles. The van der Waals surface area contributed by atoms with Crippen molar-refractivity contribution in [3.63, 3.8) is 0 Å². The molecular weight excluding hydrogens is 369 g/mol. The number of alkyl halides is 2. The van der Waals surface area contributed by atoms with Crippen LogP contribution in [0.25, 0.3) is 0 Å². The number of carbonyl (C=O) groups excluding carboxylic acids is 1. The van der Waals surface area contributed by atoms with E-state index >= 15 is 0 Å². The Balaban J connectivity index is 0.00000163. The third kappa shape index (κ3) is 6.04. The summed E-state index contributed by atoms with van der Waals surface area (Å²) < 4.78 is 46.7. The van der Waals surface area contributed by atoms with Crippen LogP contribution in [0.5, 0.6) is 0 Å². The van der Waals surface area contributed by atoms with Gasteiger partial charge in [-0.3, -0.25) is 0 Å². The fourth-order valence-corrected chi connectivity index (χ4v) is 2.63. The molecule has 0 spiro atoms. The van der Waals surface area contributed by atoms with Crippen LogP contribution in [0.4, 0.5) is 19.0 Å². The van der Waals surface area contributed by atoms with Gasteiger partial charge < -0.3 is 9.64 Å². The number of ether oxygens (including phenoxy) is 1. The summed E-state index contributed by atoms with van der Waals surface area (Å²) in [7, 11) is 0. The van der Waals surface area contributed by atoms with Crippen LogP contribution in [-0.2, 0) is 4.74 Å². The molecule has 0 bridgehead atoms. The van der Waals surface area contributed by atoms with Gasteiger partial charge in [0.25, 0.3) is 0 Å². The maximum Gasteiger partial charge on any atom is 0.345 e. The monoisotopic (exact) mass is 394 g/mol. The molecule has 1 saturated heterocycles. The minimum absolute atomic E-state index is 0.0103. The molecule has 0 aliphatic carbocycles. The second kappa shape index (κ2) is 8.93. The molecule has 1 aliphatic heterocycles. The summed E-state index contributed by atoms with van der Waals surface area (Å²) in [6, 6.07) is 0. The predicted octanol–water partition coefficient (Wildman–Crippen LogP) is 5.48. The van der Waals surface area contributed by atoms with E-state index in [1.165, 1.54) is 4.90 Å². The summed E-state index contributed by atoms with van der Waals surface area (Å²) in [5, 5.41) is -0.320. The highest BCUT2D eigenvalue weighted by molar-refractivity contribution is 6.31. The Bertz CT molecular complexity index is 634. The molecule has 148 valence electrons. The molecule has 1 aliphatic rings. The number of halogens is 4. The lowest BCUT2D eigenvalue weighted by Crippen LogP contribution is -2.31. The Morgan fingerprint density at radius 1 is 1.27 bits per heavy atom. The summed E-state index contributed by atoms with van der Waals surface area (Å²) in [6.45, 7) is 9.16. The third-order valence-corrected chi connectivity index (χ3v) is 3.84. The molecular formula is C18H26ClF3N2O2. The summed E-state index contributed by atoms with van der Waals surface area (Å²) in [5.41, 5.74) is -1.25. The number of pyridine rings is 1. The van der Waals surface area contributed by atoms with Gasteiger partial charge in [-0.05, 0) is 27.2 Å². The lowest BCUT2D eigenvalue weighted by Gasteiger charge is -2.26. The maximum absolute atomic E-state index is 14.4. The smallest absolute Gasteiger partial charge is 0.345 e. The average molecular weight is 395 g/mol. The van der Waals surface area contributed by atoms with E-state index in [9.17, 15) is 18.0 Å². The lowest BCUT2D eigenvalue weighted by molar-refractivity contribution is -0.0102. The van der Waals surface area contributed by atoms with Gasteiger partial charge in [0.1, 0.15) is 17.0 Å². The molecule has 8 heteroatoms. The lowest BCUT2D eigenvalue weighted by atomic mass is 10.1. The van der Waals surface area contributed by atoms with Gasteiger partial charge in [-0.2, -0.15) is 0 Å². The number of rotatable bonds is 2. The standard InChI is InChI=1S/C16H20ClF3N2O2.C2H6/c1-15(2,3)24-14(23)11-12(18)10(17)9-21-13(11)22-7-4-5-16(19,20)6-8-22;1-2/h9H,4-8H2,1-3H3;1-2H3. The van der Waals surface area contributed by atoms with Crippen LogP contribution in [0.3, 0.4) is 0 Å². The van der Waals surface area contributed by atoms with E-state index < -0.39 is 28.9 Å². The number of carbonyl (C=O) groups is 1. The Morgan fingerprint density at radius 3 is 2.46 bits per heavy atom. The van der Waals surface area contributed by atoms with Crippen molar-refractivity contribution in [2.75, 3.05) is 18.0 Å². The molecule has 0 atom stereocenters. The van der Waals surface area contributed by atoms with Crippen LogP contribution in [0, 0.1) is 5.82 Å². The van der Waals surface area contributed by atoms with E-state index in [0.29, 0.717) is 0 Å². The predicted molar refractivity (Wildman–Crippen MR) is 96.7 cm³/mol. The Morgan fingerprint density at radius 2 is 1.88 bits per heavy atom. The van der Waals surface area contributed by atoms with Crippen molar-refractivity contribution in [1.29, 1.82) is 0 Å². The molecule has 0 amide bonds. The quantitative estimate of drug-likeness (QED) is 0.623. The number of esters is 1. The van der Waals surface area contributed by atoms with Crippen molar-refractivity contribution in [2.24, 2.45) is 0 Å². The number of nitrogens with zero attached hydrogens (tertiary/aromatic N) is 2. The minimum Gasteiger partial charge on any atom is -0.456 e. The molecule has 1 fully saturated rings. The molecule has 0 unspecified atom stereocenters. The van der Waals surface area contributed by atoms with Gasteiger partial charge in [0, 0.05) is 25.9 Å². The van der Waals surface area contributed by atoms with Crippen molar-refractivity contribution in [1.82, 2.24) is 4.98 Å². The van der Waals surface area contributed by atoms with Crippen LogP contribution in [-0.4, -0.2) is 35.6 Å². The van der Waals surface area contributed by atoms with E-state index in [-0.39, 0.29) is 43.2 Å². The highest BCUT2D eigenvalue weighted by Gasteiger charge is 2.34. The summed E-state index contributed by atoms with van der Waals surface area (Å²) in [6.07, 6.45) is 0.657. The zero-order valence-electron chi connectivity index (χ0n) is 15.8. The fraction of sp³-hybridized carbons (Fsp3) is 0.667. The highest BCUT2D eigenvalue weighted by Crippen LogP contribution is 2.33. The van der Waals surface area contributed by atoms with Crippen LogP contribution in [0.2, 0.25) is 5.02 Å². The first-order valence-corrected chi connectivity index (χ1v) is 9.08. The topological polar surface area (TPSA) is 42.4 Å². The average Bonchev–Trinajstić information content (AvgIpc) is 2.71. The Kier molecular flexibility index (Phi) is 7.74. The largest absolute Gasteiger partial charge is 0.456 e. The van der Waals surface area contributed by atoms with E-state index in [2.05, 4.69) is 4.98 Å². The summed E-state index contributed by atoms with van der Waals surface area (Å²) in [5.74, 6) is -4.65. The number of hydrogen-bond acceptors (Lipinski definition) is 4. The molecule has 0 saturated carbocycles. The van der Waals surface area contributed by atoms with Crippen molar-refractivity contribution >= 4 is 23.4 Å². The van der Waals surface area contributed by atoms with E-state index in [4.69, 9.17) is 16.3 Å². The number of hydrogen-bond donors (Lipinski definition) is 0. The first-order valence-electron chi connectivity index (χ1n) is 8.70. The molecule has 26 heavy (non-hydrogen) atoms. The van der Waals surface area contributed by atoms with E-state index in [0.717, 1.165) is 6.20 Å². The van der Waals surface area contributed by atoms with Gasteiger partial charge in [0.15, 0.2) is 5.82 Å². The number of aromatic nitrogens is 1. The van der Waals surface area contributed by atoms with Gasteiger partial charge in [0.2, 0.25) is 5.92 Å². The molecule has 0 radical (unpaired) electrons. The van der Waals surface area contributed by atoms with E-state index in [1.54, 1.807) is 20.8 Å². The molecule has 4 nitrogen and oxygen atoms in total. The van der Waals surface area contributed by atoms with Crippen molar-refractivity contribution in [3.8, 4) is 0 Å². The van der Waals surface area contributed by atoms with Gasteiger partial charge in [0.05, 0.1) is 11.2 Å². The van der Waals surface area contributed by atoms with Gasteiger partial charge in [-0.25, -0.2) is 22.9 Å². The SMILES string of the molecule is CC.CC(C)(C)OC(=O)c1c(N2CCCC(F)(F)CC2)ncc(Cl)c1F. The van der Waals surface area contributed by atoms with Crippen molar-refractivity contribution in [2.45, 2.75) is 65.4 Å². The molecule has 1 aromatic rings. The van der Waals surface area contributed by atoms with Crippen molar-refractivity contribution in [3.05, 3.63) is 22.6 Å². The Labute approximate surface area is 157 Å². The third-order valence-electron chi connectivity index (χ3n) is 3.57. The van der Waals surface area contributed by atoms with Crippen LogP contribution < -0.4 is 4.90 Å². The van der Waals surface area contributed by atoms with Crippen LogP contribution in [0.15, 0.2) is 6.20 Å². The van der Waals surface area contributed by atoms with Gasteiger partial charge in [-0.15, -0.1) is 0 Å². The minimum atomic E-state index is -2.77. The molecule has 2 heterocycles. The van der Waals surface area contributed by atoms with Crippen LogP contribution in [0.1, 0.15) is 64.2 Å². The molecule has 2 rings (SSSR count). The van der Waals surface area contributed by atoms with Crippen LogP contribution >= 0.6 is 11.6 Å². The molecule has 0 N–H and O–H groups in total. The van der Waals surface area contributed by atoms with Crippen molar-refractivity contribution < 1.29 is 22.7 Å². The Hall–Kier alpha value is -1.50. The second-order valence-electron chi connectivity index (χ2n) is 6.82. The first-order chi connectivity index (χ1) is 12.0. The normalized spacial score (nSPS) is 17.0. The number of anilines is 1. The molecule has 1 aromatic heterocycles. The van der Waals surface area contributed by atoms with Gasteiger partial charge in [-0.1, -0.05) is 25.4 Å².